The van der Waals surface area contributed by atoms with Gasteiger partial charge in [0.05, 0.1) is 12.7 Å². The number of hydrogen-bond acceptors (Lipinski definition) is 6. The molecule has 0 amide bonds. The van der Waals surface area contributed by atoms with Gasteiger partial charge in [0.25, 0.3) is 0 Å². The van der Waals surface area contributed by atoms with Crippen molar-refractivity contribution in [2.45, 2.75) is 32.2 Å². The lowest BCUT2D eigenvalue weighted by atomic mass is 9.99. The molecular weight excluding hydrogens is 250 g/mol. The number of esters is 1. The monoisotopic (exact) mass is 267 g/mol. The van der Waals surface area contributed by atoms with Crippen molar-refractivity contribution in [1.82, 2.24) is 9.97 Å². The highest BCUT2D eigenvalue weighted by molar-refractivity contribution is 5.88. The molecule has 0 radical (unpaired) electrons. The number of carbonyl (C=O) groups is 2. The van der Waals surface area contributed by atoms with Crippen molar-refractivity contribution >= 4 is 17.9 Å². The van der Waals surface area contributed by atoms with E-state index in [1.165, 1.54) is 19.5 Å². The first kappa shape index (κ1) is 14.9. The fourth-order valence-electron chi connectivity index (χ4n) is 1.40. The maximum absolute atomic E-state index is 11.2. The van der Waals surface area contributed by atoms with E-state index < -0.39 is 17.5 Å². The number of nitrogens with one attached hydrogen (secondary N) is 1. The molecule has 0 fully saturated rings. The van der Waals surface area contributed by atoms with E-state index in [4.69, 9.17) is 5.11 Å². The Hall–Kier alpha value is -2.18. The van der Waals surface area contributed by atoms with Gasteiger partial charge < -0.3 is 15.2 Å². The Balaban J connectivity index is 2.66. The standard InChI is InChI=1S/C12H17N3O4/c1-12(2,5-4-9(16)17)15-11-13-6-8(7-14-11)10(18)19-3/h6-7H,4-5H2,1-3H3,(H,16,17)(H,13,14,15). The lowest BCUT2D eigenvalue weighted by molar-refractivity contribution is -0.137. The number of carboxylic acids is 1. The van der Waals surface area contributed by atoms with Gasteiger partial charge in [0, 0.05) is 24.4 Å². The number of hydrogen-bond donors (Lipinski definition) is 2. The highest BCUT2D eigenvalue weighted by Gasteiger charge is 2.20. The SMILES string of the molecule is COC(=O)c1cnc(NC(C)(C)CCC(=O)O)nc1. The van der Waals surface area contributed by atoms with E-state index in [2.05, 4.69) is 20.0 Å². The largest absolute Gasteiger partial charge is 0.481 e. The van der Waals surface area contributed by atoms with E-state index >= 15 is 0 Å². The minimum absolute atomic E-state index is 0.0558. The minimum Gasteiger partial charge on any atom is -0.481 e. The number of rotatable bonds is 6. The number of methoxy groups -OCH3 is 1. The summed E-state index contributed by atoms with van der Waals surface area (Å²) in [4.78, 5) is 29.7. The molecule has 0 atom stereocenters. The van der Waals surface area contributed by atoms with Crippen LogP contribution in [0.5, 0.6) is 0 Å². The van der Waals surface area contributed by atoms with Gasteiger partial charge in [-0.2, -0.15) is 0 Å². The molecule has 1 heterocycles. The Kier molecular flexibility index (Phi) is 4.80. The maximum Gasteiger partial charge on any atom is 0.341 e. The quantitative estimate of drug-likeness (QED) is 0.749. The molecule has 0 aliphatic heterocycles. The van der Waals surface area contributed by atoms with Gasteiger partial charge in [-0.25, -0.2) is 14.8 Å². The molecule has 0 saturated heterocycles. The molecular formula is C12H17N3O4. The maximum atomic E-state index is 11.2. The van der Waals surface area contributed by atoms with Gasteiger partial charge in [0.2, 0.25) is 5.95 Å². The molecule has 2 N–H and O–H groups in total. The molecule has 1 aromatic heterocycles. The van der Waals surface area contributed by atoms with Gasteiger partial charge in [0.15, 0.2) is 0 Å². The molecule has 0 bridgehead atoms. The summed E-state index contributed by atoms with van der Waals surface area (Å²) in [6.45, 7) is 3.71. The third kappa shape index (κ3) is 4.90. The molecule has 7 nitrogen and oxygen atoms in total. The average Bonchev–Trinajstić information content (AvgIpc) is 2.36. The summed E-state index contributed by atoms with van der Waals surface area (Å²) in [5.41, 5.74) is -0.193. The Labute approximate surface area is 111 Å². The van der Waals surface area contributed by atoms with Crippen LogP contribution in [0, 0.1) is 0 Å². The van der Waals surface area contributed by atoms with Crippen LogP contribution in [0.1, 0.15) is 37.0 Å². The van der Waals surface area contributed by atoms with Crippen LogP contribution in [0.2, 0.25) is 0 Å². The van der Waals surface area contributed by atoms with Gasteiger partial charge in [0.1, 0.15) is 0 Å². The smallest absolute Gasteiger partial charge is 0.341 e. The predicted octanol–water partition coefficient (Wildman–Crippen LogP) is 1.32. The summed E-state index contributed by atoms with van der Waals surface area (Å²) in [6.07, 6.45) is 3.20. The van der Waals surface area contributed by atoms with E-state index in [1.54, 1.807) is 0 Å². The Morgan fingerprint density at radius 3 is 2.42 bits per heavy atom. The molecule has 0 aliphatic rings. The Morgan fingerprint density at radius 1 is 1.37 bits per heavy atom. The number of carbonyl (C=O) groups excluding carboxylic acids is 1. The number of aromatic nitrogens is 2. The third-order valence-corrected chi connectivity index (χ3v) is 2.49. The summed E-state index contributed by atoms with van der Waals surface area (Å²) in [7, 11) is 1.28. The van der Waals surface area contributed by atoms with Crippen LogP contribution < -0.4 is 5.32 Å². The molecule has 0 saturated carbocycles. The van der Waals surface area contributed by atoms with Gasteiger partial charge in [-0.05, 0) is 20.3 Å². The number of carboxylic acid groups (broad SMARTS) is 1. The van der Waals surface area contributed by atoms with Crippen molar-refractivity contribution in [2.24, 2.45) is 0 Å². The fourth-order valence-corrected chi connectivity index (χ4v) is 1.40. The van der Waals surface area contributed by atoms with Crippen molar-refractivity contribution in [3.8, 4) is 0 Å². The first-order valence-corrected chi connectivity index (χ1v) is 5.74. The van der Waals surface area contributed by atoms with Crippen LogP contribution in [0.3, 0.4) is 0 Å². The van der Waals surface area contributed by atoms with Gasteiger partial charge >= 0.3 is 11.9 Å². The van der Waals surface area contributed by atoms with Crippen molar-refractivity contribution < 1.29 is 19.4 Å². The fraction of sp³-hybridized carbons (Fsp3) is 0.500. The molecule has 1 rings (SSSR count). The predicted molar refractivity (Wildman–Crippen MR) is 67.9 cm³/mol. The van der Waals surface area contributed by atoms with Gasteiger partial charge in [-0.3, -0.25) is 4.79 Å². The first-order valence-electron chi connectivity index (χ1n) is 5.74. The topological polar surface area (TPSA) is 101 Å². The third-order valence-electron chi connectivity index (χ3n) is 2.49. The van der Waals surface area contributed by atoms with Gasteiger partial charge in [-0.1, -0.05) is 0 Å². The summed E-state index contributed by atoms with van der Waals surface area (Å²) in [5, 5.41) is 11.7. The second-order valence-electron chi connectivity index (χ2n) is 4.69. The lowest BCUT2D eigenvalue weighted by Crippen LogP contribution is -2.32. The van der Waals surface area contributed by atoms with Crippen LogP contribution in [-0.2, 0) is 9.53 Å². The minimum atomic E-state index is -0.850. The molecule has 0 aromatic carbocycles. The van der Waals surface area contributed by atoms with Crippen LogP contribution >= 0.6 is 0 Å². The highest BCUT2D eigenvalue weighted by Crippen LogP contribution is 2.16. The Bertz CT molecular complexity index is 457. The zero-order valence-electron chi connectivity index (χ0n) is 11.1. The van der Waals surface area contributed by atoms with Crippen molar-refractivity contribution in [2.75, 3.05) is 12.4 Å². The van der Waals surface area contributed by atoms with Crippen LogP contribution in [0.25, 0.3) is 0 Å². The van der Waals surface area contributed by atoms with E-state index in [0.717, 1.165) is 0 Å². The zero-order chi connectivity index (χ0) is 14.5. The molecule has 19 heavy (non-hydrogen) atoms. The van der Waals surface area contributed by atoms with Crippen molar-refractivity contribution in [3.63, 3.8) is 0 Å². The highest BCUT2D eigenvalue weighted by atomic mass is 16.5. The van der Waals surface area contributed by atoms with Crippen molar-refractivity contribution in [1.29, 1.82) is 0 Å². The zero-order valence-corrected chi connectivity index (χ0v) is 11.1. The van der Waals surface area contributed by atoms with E-state index in [9.17, 15) is 9.59 Å². The number of anilines is 1. The summed E-state index contributed by atoms with van der Waals surface area (Å²) < 4.78 is 4.54. The molecule has 0 spiro atoms. The first-order chi connectivity index (χ1) is 8.84. The molecule has 1 aromatic rings. The van der Waals surface area contributed by atoms with E-state index in [-0.39, 0.29) is 12.0 Å². The number of ether oxygens (including phenoxy) is 1. The molecule has 0 aliphatic carbocycles. The van der Waals surface area contributed by atoms with Crippen LogP contribution in [0.4, 0.5) is 5.95 Å². The summed E-state index contributed by atoms with van der Waals surface area (Å²) in [6, 6.07) is 0. The van der Waals surface area contributed by atoms with E-state index in [1.807, 2.05) is 13.8 Å². The normalized spacial score (nSPS) is 10.9. The number of nitrogens with zero attached hydrogens (tertiary/aromatic N) is 2. The van der Waals surface area contributed by atoms with E-state index in [0.29, 0.717) is 12.4 Å². The lowest BCUT2D eigenvalue weighted by Gasteiger charge is -2.25. The van der Waals surface area contributed by atoms with Crippen LogP contribution in [-0.4, -0.2) is 39.7 Å². The molecule has 0 unspecified atom stereocenters. The Morgan fingerprint density at radius 2 is 1.95 bits per heavy atom. The number of aliphatic carboxylic acids is 1. The van der Waals surface area contributed by atoms with Crippen molar-refractivity contribution in [3.05, 3.63) is 18.0 Å². The van der Waals surface area contributed by atoms with Crippen LogP contribution in [0.15, 0.2) is 12.4 Å². The molecule has 7 heteroatoms. The second-order valence-corrected chi connectivity index (χ2v) is 4.69. The molecule has 104 valence electrons. The summed E-state index contributed by atoms with van der Waals surface area (Å²) >= 11 is 0. The van der Waals surface area contributed by atoms with Gasteiger partial charge in [-0.15, -0.1) is 0 Å². The summed E-state index contributed by atoms with van der Waals surface area (Å²) in [5.74, 6) is -1.02. The average molecular weight is 267 g/mol. The second kappa shape index (κ2) is 6.12.